The Hall–Kier alpha value is -1.42. The minimum absolute atomic E-state index is 0.0954. The molecule has 18 heavy (non-hydrogen) atoms. The summed E-state index contributed by atoms with van der Waals surface area (Å²) in [5, 5.41) is 2.84. The zero-order chi connectivity index (χ0) is 13.2. The van der Waals surface area contributed by atoms with Gasteiger partial charge in [0.05, 0.1) is 5.54 Å². The van der Waals surface area contributed by atoms with Gasteiger partial charge in [-0.1, -0.05) is 25.0 Å². The Morgan fingerprint density at radius 1 is 1.44 bits per heavy atom. The Balaban J connectivity index is 1.95. The number of nitrogens with one attached hydrogen (secondary N) is 1. The molecule has 98 valence electrons. The van der Waals surface area contributed by atoms with Gasteiger partial charge in [0.2, 0.25) is 5.91 Å². The van der Waals surface area contributed by atoms with Crippen LogP contribution in [0, 0.1) is 12.7 Å². The molecule has 3 N–H and O–H groups in total. The zero-order valence-electron chi connectivity index (χ0n) is 10.6. The molecule has 0 atom stereocenters. The predicted molar refractivity (Wildman–Crippen MR) is 68.4 cm³/mol. The molecule has 1 aliphatic carbocycles. The topological polar surface area (TPSA) is 55.1 Å². The number of halogens is 1. The summed E-state index contributed by atoms with van der Waals surface area (Å²) in [4.78, 5) is 12.0. The lowest BCUT2D eigenvalue weighted by molar-refractivity contribution is -0.126. The molecule has 1 aliphatic rings. The van der Waals surface area contributed by atoms with Crippen LogP contribution in [0.4, 0.5) is 4.39 Å². The predicted octanol–water partition coefficient (Wildman–Crippen LogP) is 2.02. The van der Waals surface area contributed by atoms with Crippen LogP contribution in [-0.4, -0.2) is 11.4 Å². The standard InChI is InChI=1S/C14H19FN2O/c1-10-8-11(4-5-12(10)15)9-17-13(18)14(16)6-2-3-7-14/h4-5,8H,2-3,6-7,9,16H2,1H3,(H,17,18). The van der Waals surface area contributed by atoms with Crippen LogP contribution in [0.3, 0.4) is 0 Å². The maximum atomic E-state index is 13.1. The van der Waals surface area contributed by atoms with Crippen molar-refractivity contribution in [2.24, 2.45) is 5.73 Å². The lowest BCUT2D eigenvalue weighted by atomic mass is 9.98. The van der Waals surface area contributed by atoms with E-state index >= 15 is 0 Å². The van der Waals surface area contributed by atoms with E-state index < -0.39 is 5.54 Å². The number of carbonyl (C=O) groups is 1. The van der Waals surface area contributed by atoms with Crippen molar-refractivity contribution >= 4 is 5.91 Å². The van der Waals surface area contributed by atoms with Crippen molar-refractivity contribution in [2.45, 2.75) is 44.7 Å². The van der Waals surface area contributed by atoms with E-state index in [0.717, 1.165) is 31.2 Å². The molecule has 0 aliphatic heterocycles. The second-order valence-electron chi connectivity index (χ2n) is 5.13. The number of carbonyl (C=O) groups excluding carboxylic acids is 1. The summed E-state index contributed by atoms with van der Waals surface area (Å²) < 4.78 is 13.1. The second kappa shape index (κ2) is 5.06. The first-order chi connectivity index (χ1) is 8.51. The van der Waals surface area contributed by atoms with Gasteiger partial charge in [0, 0.05) is 6.54 Å². The van der Waals surface area contributed by atoms with Crippen LogP contribution in [0.15, 0.2) is 18.2 Å². The number of amides is 1. The van der Waals surface area contributed by atoms with Crippen molar-refractivity contribution in [1.29, 1.82) is 0 Å². The highest BCUT2D eigenvalue weighted by Gasteiger charge is 2.36. The number of aryl methyl sites for hydroxylation is 1. The molecule has 3 nitrogen and oxygen atoms in total. The summed E-state index contributed by atoms with van der Waals surface area (Å²) in [5.41, 5.74) is 6.83. The van der Waals surface area contributed by atoms with Crippen LogP contribution < -0.4 is 11.1 Å². The van der Waals surface area contributed by atoms with E-state index in [1.54, 1.807) is 19.1 Å². The van der Waals surface area contributed by atoms with Gasteiger partial charge in [-0.15, -0.1) is 0 Å². The molecule has 2 rings (SSSR count). The molecule has 0 heterocycles. The second-order valence-corrected chi connectivity index (χ2v) is 5.13. The van der Waals surface area contributed by atoms with E-state index in [1.807, 2.05) is 0 Å². The molecule has 1 aromatic carbocycles. The average molecular weight is 250 g/mol. The van der Waals surface area contributed by atoms with E-state index in [1.165, 1.54) is 6.07 Å². The maximum Gasteiger partial charge on any atom is 0.240 e. The summed E-state index contributed by atoms with van der Waals surface area (Å²) in [7, 11) is 0. The SMILES string of the molecule is Cc1cc(CNC(=O)C2(N)CCCC2)ccc1F. The van der Waals surface area contributed by atoms with E-state index in [9.17, 15) is 9.18 Å². The van der Waals surface area contributed by atoms with Gasteiger partial charge < -0.3 is 11.1 Å². The first-order valence-electron chi connectivity index (χ1n) is 6.33. The molecule has 1 amide bonds. The number of hydrogen-bond acceptors (Lipinski definition) is 2. The van der Waals surface area contributed by atoms with Crippen LogP contribution in [0.1, 0.15) is 36.8 Å². The molecule has 1 aromatic rings. The van der Waals surface area contributed by atoms with Gasteiger partial charge in [0.15, 0.2) is 0 Å². The van der Waals surface area contributed by atoms with Crippen LogP contribution in [0.25, 0.3) is 0 Å². The number of benzene rings is 1. The van der Waals surface area contributed by atoms with Crippen LogP contribution in [-0.2, 0) is 11.3 Å². The largest absolute Gasteiger partial charge is 0.350 e. The Morgan fingerprint density at radius 3 is 2.72 bits per heavy atom. The Bertz CT molecular complexity index is 453. The minimum Gasteiger partial charge on any atom is -0.350 e. The van der Waals surface area contributed by atoms with Gasteiger partial charge in [-0.3, -0.25) is 4.79 Å². The van der Waals surface area contributed by atoms with Gasteiger partial charge in [-0.25, -0.2) is 4.39 Å². The highest BCUT2D eigenvalue weighted by atomic mass is 19.1. The molecule has 0 bridgehead atoms. The molecule has 1 fully saturated rings. The Kier molecular flexibility index (Phi) is 3.66. The van der Waals surface area contributed by atoms with E-state index in [4.69, 9.17) is 5.73 Å². The van der Waals surface area contributed by atoms with Crippen molar-refractivity contribution in [3.8, 4) is 0 Å². The van der Waals surface area contributed by atoms with Crippen molar-refractivity contribution < 1.29 is 9.18 Å². The number of rotatable bonds is 3. The Labute approximate surface area is 107 Å². The van der Waals surface area contributed by atoms with Crippen LogP contribution in [0.5, 0.6) is 0 Å². The molecular weight excluding hydrogens is 231 g/mol. The molecule has 4 heteroatoms. The first-order valence-corrected chi connectivity index (χ1v) is 6.33. The lowest BCUT2D eigenvalue weighted by Crippen LogP contribution is -2.51. The summed E-state index contributed by atoms with van der Waals surface area (Å²) in [5.74, 6) is -0.321. The third-order valence-electron chi connectivity index (χ3n) is 3.62. The van der Waals surface area contributed by atoms with E-state index in [-0.39, 0.29) is 11.7 Å². The van der Waals surface area contributed by atoms with Gasteiger partial charge in [-0.2, -0.15) is 0 Å². The highest BCUT2D eigenvalue weighted by Crippen LogP contribution is 2.27. The van der Waals surface area contributed by atoms with Crippen molar-refractivity contribution in [2.75, 3.05) is 0 Å². The maximum absolute atomic E-state index is 13.1. The third-order valence-corrected chi connectivity index (χ3v) is 3.62. The van der Waals surface area contributed by atoms with Gasteiger partial charge in [0.25, 0.3) is 0 Å². The fraction of sp³-hybridized carbons (Fsp3) is 0.500. The summed E-state index contributed by atoms with van der Waals surface area (Å²) in [6, 6.07) is 4.85. The Morgan fingerprint density at radius 2 is 2.11 bits per heavy atom. The van der Waals surface area contributed by atoms with Crippen molar-refractivity contribution in [1.82, 2.24) is 5.32 Å². The smallest absolute Gasteiger partial charge is 0.240 e. The highest BCUT2D eigenvalue weighted by molar-refractivity contribution is 5.86. The van der Waals surface area contributed by atoms with Gasteiger partial charge >= 0.3 is 0 Å². The van der Waals surface area contributed by atoms with Gasteiger partial charge in [0.1, 0.15) is 5.82 Å². The van der Waals surface area contributed by atoms with Crippen molar-refractivity contribution in [3.63, 3.8) is 0 Å². The molecule has 0 spiro atoms. The molecule has 1 saturated carbocycles. The number of hydrogen-bond donors (Lipinski definition) is 2. The van der Waals surface area contributed by atoms with Crippen molar-refractivity contribution in [3.05, 3.63) is 35.1 Å². The molecular formula is C14H19FN2O. The average Bonchev–Trinajstić information content (AvgIpc) is 2.79. The summed E-state index contributed by atoms with van der Waals surface area (Å²) in [6.07, 6.45) is 3.53. The third kappa shape index (κ3) is 2.70. The van der Waals surface area contributed by atoms with Crippen LogP contribution >= 0.6 is 0 Å². The van der Waals surface area contributed by atoms with E-state index in [0.29, 0.717) is 12.1 Å². The number of nitrogens with two attached hydrogens (primary N) is 1. The van der Waals surface area contributed by atoms with Crippen LogP contribution in [0.2, 0.25) is 0 Å². The molecule has 0 aromatic heterocycles. The lowest BCUT2D eigenvalue weighted by Gasteiger charge is -2.22. The monoisotopic (exact) mass is 250 g/mol. The van der Waals surface area contributed by atoms with E-state index in [2.05, 4.69) is 5.32 Å². The fourth-order valence-electron chi connectivity index (χ4n) is 2.41. The summed E-state index contributed by atoms with van der Waals surface area (Å²) >= 11 is 0. The molecule has 0 saturated heterocycles. The van der Waals surface area contributed by atoms with Gasteiger partial charge in [-0.05, 0) is 37.0 Å². The zero-order valence-corrected chi connectivity index (χ0v) is 10.6. The first kappa shape index (κ1) is 13.0. The summed E-state index contributed by atoms with van der Waals surface area (Å²) in [6.45, 7) is 2.11. The molecule has 0 radical (unpaired) electrons. The quantitative estimate of drug-likeness (QED) is 0.862. The fourth-order valence-corrected chi connectivity index (χ4v) is 2.41. The normalized spacial score (nSPS) is 17.7. The molecule has 0 unspecified atom stereocenters. The minimum atomic E-state index is -0.699.